The van der Waals surface area contributed by atoms with Gasteiger partial charge in [-0.15, -0.1) is 0 Å². The number of hydrogen-bond acceptors (Lipinski definition) is 3. The highest BCUT2D eigenvalue weighted by molar-refractivity contribution is 6.01. The van der Waals surface area contributed by atoms with E-state index in [4.69, 9.17) is 0 Å². The number of hydrogen-bond donors (Lipinski definition) is 2. The molecule has 136 valence electrons. The monoisotopic (exact) mass is 367 g/mol. The molecule has 5 nitrogen and oxygen atoms in total. The Hall–Kier alpha value is -3.23. The minimum absolute atomic E-state index is 0.0285. The van der Waals surface area contributed by atoms with E-state index in [1.54, 1.807) is 12.2 Å². The fourth-order valence-electron chi connectivity index (χ4n) is 1.86. The molecule has 2 amide bonds. The van der Waals surface area contributed by atoms with Crippen LogP contribution in [0.4, 0.5) is 23.2 Å². The van der Waals surface area contributed by atoms with Gasteiger partial charge in [-0.05, 0) is 48.9 Å². The number of anilines is 1. The van der Waals surface area contributed by atoms with Crippen molar-refractivity contribution in [2.24, 2.45) is 5.10 Å². The van der Waals surface area contributed by atoms with Crippen LogP contribution in [0.25, 0.3) is 0 Å². The number of alkyl halides is 3. The van der Waals surface area contributed by atoms with Gasteiger partial charge in [0.05, 0.1) is 5.71 Å². The number of halogens is 4. The second kappa shape index (κ2) is 7.77. The molecule has 0 fully saturated rings. The Bertz CT molecular complexity index is 829. The molecule has 2 N–H and O–H groups in total. The summed E-state index contributed by atoms with van der Waals surface area (Å²) in [6, 6.07) is 10.3. The average Bonchev–Trinajstić information content (AvgIpc) is 2.59. The second-order valence-electron chi connectivity index (χ2n) is 5.17. The van der Waals surface area contributed by atoms with Crippen LogP contribution in [0.2, 0.25) is 0 Å². The van der Waals surface area contributed by atoms with Gasteiger partial charge in [0.2, 0.25) is 0 Å². The zero-order valence-corrected chi connectivity index (χ0v) is 13.4. The summed E-state index contributed by atoms with van der Waals surface area (Å²) in [5.74, 6) is -3.08. The lowest BCUT2D eigenvalue weighted by Gasteiger charge is -2.08. The summed E-state index contributed by atoms with van der Waals surface area (Å²) in [6.45, 7) is 1.58. The Labute approximate surface area is 145 Å². The fourth-order valence-corrected chi connectivity index (χ4v) is 1.86. The van der Waals surface area contributed by atoms with Gasteiger partial charge in [-0.1, -0.05) is 12.1 Å². The van der Waals surface area contributed by atoms with Crippen LogP contribution in [0.5, 0.6) is 0 Å². The van der Waals surface area contributed by atoms with Gasteiger partial charge in [0.25, 0.3) is 5.91 Å². The Morgan fingerprint density at radius 1 is 0.923 bits per heavy atom. The quantitative estimate of drug-likeness (QED) is 0.493. The molecular weight excluding hydrogens is 354 g/mol. The maximum Gasteiger partial charge on any atom is 0.471 e. The molecule has 0 saturated heterocycles. The number of rotatable bonds is 4. The van der Waals surface area contributed by atoms with Gasteiger partial charge in [0.1, 0.15) is 5.82 Å². The zero-order chi connectivity index (χ0) is 19.3. The van der Waals surface area contributed by atoms with Gasteiger partial charge in [0.15, 0.2) is 0 Å². The van der Waals surface area contributed by atoms with E-state index < -0.39 is 23.8 Å². The van der Waals surface area contributed by atoms with Crippen molar-refractivity contribution in [1.29, 1.82) is 0 Å². The summed E-state index contributed by atoms with van der Waals surface area (Å²) in [5.41, 5.74) is 3.38. The van der Waals surface area contributed by atoms with Crippen molar-refractivity contribution < 1.29 is 27.2 Å². The number of amides is 2. The molecule has 0 atom stereocenters. The molecule has 26 heavy (non-hydrogen) atoms. The standard InChI is InChI=1S/C17H13F4N3O2/c1-10(23-24-15(25)12-2-6-13(18)7-3-12)11-4-8-14(9-5-11)22-16(26)17(19,20)21/h2-9H,1H3,(H,22,26)(H,24,25). The van der Waals surface area contributed by atoms with Crippen molar-refractivity contribution in [3.63, 3.8) is 0 Å². The predicted molar refractivity (Wildman–Crippen MR) is 87.2 cm³/mol. The van der Waals surface area contributed by atoms with Crippen LogP contribution in [-0.4, -0.2) is 23.7 Å². The van der Waals surface area contributed by atoms with Crippen LogP contribution < -0.4 is 10.7 Å². The number of nitrogens with zero attached hydrogens (tertiary/aromatic N) is 1. The van der Waals surface area contributed by atoms with Crippen LogP contribution in [0.3, 0.4) is 0 Å². The van der Waals surface area contributed by atoms with Crippen molar-refractivity contribution in [2.75, 3.05) is 5.32 Å². The summed E-state index contributed by atoms with van der Waals surface area (Å²) < 4.78 is 49.4. The second-order valence-corrected chi connectivity index (χ2v) is 5.17. The van der Waals surface area contributed by atoms with Gasteiger partial charge >= 0.3 is 12.1 Å². The summed E-state index contributed by atoms with van der Waals surface area (Å²) in [4.78, 5) is 22.7. The highest BCUT2D eigenvalue weighted by Gasteiger charge is 2.38. The smallest absolute Gasteiger partial charge is 0.318 e. The molecule has 2 rings (SSSR count). The van der Waals surface area contributed by atoms with E-state index in [1.807, 2.05) is 0 Å². The maximum absolute atomic E-state index is 12.8. The van der Waals surface area contributed by atoms with E-state index in [-0.39, 0.29) is 11.3 Å². The molecule has 0 spiro atoms. The van der Waals surface area contributed by atoms with Crippen LogP contribution in [0.1, 0.15) is 22.8 Å². The molecule has 0 radical (unpaired) electrons. The number of benzene rings is 2. The number of hydrazone groups is 1. The van der Waals surface area contributed by atoms with Crippen LogP contribution in [0, 0.1) is 5.82 Å². The Kier molecular flexibility index (Phi) is 5.71. The molecule has 2 aromatic carbocycles. The van der Waals surface area contributed by atoms with Gasteiger partial charge in [-0.25, -0.2) is 9.82 Å². The van der Waals surface area contributed by atoms with Gasteiger partial charge < -0.3 is 5.32 Å². The first kappa shape index (κ1) is 19.1. The van der Waals surface area contributed by atoms with Crippen molar-refractivity contribution in [2.45, 2.75) is 13.1 Å². The van der Waals surface area contributed by atoms with Crippen LogP contribution >= 0.6 is 0 Å². The first-order chi connectivity index (χ1) is 12.2. The number of carbonyl (C=O) groups excluding carboxylic acids is 2. The Morgan fingerprint density at radius 2 is 1.46 bits per heavy atom. The minimum Gasteiger partial charge on any atom is -0.318 e. The van der Waals surface area contributed by atoms with Gasteiger partial charge in [-0.3, -0.25) is 9.59 Å². The van der Waals surface area contributed by atoms with E-state index in [1.165, 1.54) is 36.4 Å². The molecule has 0 bridgehead atoms. The maximum atomic E-state index is 12.8. The number of carbonyl (C=O) groups is 2. The molecule has 0 aromatic heterocycles. The molecule has 0 aliphatic rings. The molecule has 0 heterocycles. The normalized spacial score (nSPS) is 11.8. The van der Waals surface area contributed by atoms with Gasteiger partial charge in [-0.2, -0.15) is 18.3 Å². The summed E-state index contributed by atoms with van der Waals surface area (Å²) in [5, 5.41) is 5.60. The Morgan fingerprint density at radius 3 is 2.00 bits per heavy atom. The van der Waals surface area contributed by atoms with Crippen LogP contribution in [-0.2, 0) is 4.79 Å². The first-order valence-electron chi connectivity index (χ1n) is 7.25. The molecule has 0 aliphatic carbocycles. The lowest BCUT2D eigenvalue weighted by molar-refractivity contribution is -0.167. The van der Waals surface area contributed by atoms with E-state index in [9.17, 15) is 27.2 Å². The largest absolute Gasteiger partial charge is 0.471 e. The van der Waals surface area contributed by atoms with E-state index in [0.717, 1.165) is 12.1 Å². The lowest BCUT2D eigenvalue weighted by atomic mass is 10.1. The van der Waals surface area contributed by atoms with E-state index in [2.05, 4.69) is 10.5 Å². The summed E-state index contributed by atoms with van der Waals surface area (Å²) in [7, 11) is 0. The molecule has 2 aromatic rings. The number of nitrogens with one attached hydrogen (secondary N) is 2. The molecule has 0 unspecified atom stereocenters. The molecule has 9 heteroatoms. The third-order valence-corrected chi connectivity index (χ3v) is 3.25. The van der Waals surface area contributed by atoms with E-state index in [0.29, 0.717) is 11.3 Å². The highest BCUT2D eigenvalue weighted by Crippen LogP contribution is 2.18. The minimum atomic E-state index is -4.97. The lowest BCUT2D eigenvalue weighted by Crippen LogP contribution is -2.29. The van der Waals surface area contributed by atoms with Crippen molar-refractivity contribution in [1.82, 2.24) is 5.43 Å². The topological polar surface area (TPSA) is 70.6 Å². The molecule has 0 aliphatic heterocycles. The van der Waals surface area contributed by atoms with Crippen molar-refractivity contribution >= 4 is 23.2 Å². The van der Waals surface area contributed by atoms with Crippen molar-refractivity contribution in [3.8, 4) is 0 Å². The molecular formula is C17H13F4N3O2. The SMILES string of the molecule is CC(=NNC(=O)c1ccc(F)cc1)c1ccc(NC(=O)C(F)(F)F)cc1. The van der Waals surface area contributed by atoms with E-state index >= 15 is 0 Å². The van der Waals surface area contributed by atoms with Gasteiger partial charge in [0, 0.05) is 11.3 Å². The third kappa shape index (κ3) is 5.13. The third-order valence-electron chi connectivity index (χ3n) is 3.25. The van der Waals surface area contributed by atoms with Crippen molar-refractivity contribution in [3.05, 3.63) is 65.5 Å². The zero-order valence-electron chi connectivity index (χ0n) is 13.4. The predicted octanol–water partition coefficient (Wildman–Crippen LogP) is 3.48. The fraction of sp³-hybridized carbons (Fsp3) is 0.118. The molecule has 0 saturated carbocycles. The Balaban J connectivity index is 2.01. The summed E-state index contributed by atoms with van der Waals surface area (Å²) >= 11 is 0. The highest BCUT2D eigenvalue weighted by atomic mass is 19.4. The first-order valence-corrected chi connectivity index (χ1v) is 7.25. The summed E-state index contributed by atoms with van der Waals surface area (Å²) in [6.07, 6.45) is -4.97. The average molecular weight is 367 g/mol. The van der Waals surface area contributed by atoms with Crippen LogP contribution in [0.15, 0.2) is 53.6 Å².